The molecule has 0 atom stereocenters. The van der Waals surface area contributed by atoms with Crippen molar-refractivity contribution in [1.29, 1.82) is 0 Å². The second-order valence-electron chi connectivity index (χ2n) is 4.77. The summed E-state index contributed by atoms with van der Waals surface area (Å²) in [5.74, 6) is 1.36. The van der Waals surface area contributed by atoms with Crippen LogP contribution in [0.25, 0.3) is 11.3 Å². The van der Waals surface area contributed by atoms with Gasteiger partial charge in [0.15, 0.2) is 0 Å². The van der Waals surface area contributed by atoms with Gasteiger partial charge in [-0.25, -0.2) is 4.68 Å². The minimum atomic E-state index is -0.0759. The molecule has 22 heavy (non-hydrogen) atoms. The highest BCUT2D eigenvalue weighted by Gasteiger charge is 2.13. The van der Waals surface area contributed by atoms with Gasteiger partial charge in [-0.3, -0.25) is 4.79 Å². The number of nitrogens with one attached hydrogen (secondary N) is 1. The van der Waals surface area contributed by atoms with Crippen molar-refractivity contribution in [2.75, 3.05) is 21.3 Å². The quantitative estimate of drug-likeness (QED) is 0.879. The molecule has 0 bridgehead atoms. The zero-order valence-electron chi connectivity index (χ0n) is 13.3. The van der Waals surface area contributed by atoms with Crippen molar-refractivity contribution in [1.82, 2.24) is 15.1 Å². The van der Waals surface area contributed by atoms with E-state index in [0.29, 0.717) is 35.8 Å². The smallest absolute Gasteiger partial charge is 0.271 e. The van der Waals surface area contributed by atoms with E-state index in [9.17, 15) is 4.79 Å². The predicted octanol–water partition coefficient (Wildman–Crippen LogP) is 1.67. The number of aromatic nitrogens is 2. The molecule has 0 saturated heterocycles. The van der Waals surface area contributed by atoms with Gasteiger partial charge >= 0.3 is 0 Å². The van der Waals surface area contributed by atoms with E-state index in [1.165, 1.54) is 4.68 Å². The zero-order chi connectivity index (χ0) is 16.1. The fourth-order valence-corrected chi connectivity index (χ4v) is 2.27. The highest BCUT2D eigenvalue weighted by Crippen LogP contribution is 2.32. The average Bonchev–Trinajstić information content (AvgIpc) is 2.56. The van der Waals surface area contributed by atoms with Crippen LogP contribution in [0.4, 0.5) is 0 Å². The number of benzene rings is 1. The Morgan fingerprint density at radius 1 is 1.23 bits per heavy atom. The van der Waals surface area contributed by atoms with Crippen molar-refractivity contribution in [2.45, 2.75) is 20.0 Å². The summed E-state index contributed by atoms with van der Waals surface area (Å²) in [7, 11) is 5.02. The third-order valence-corrected chi connectivity index (χ3v) is 3.40. The Kier molecular flexibility index (Phi) is 5.16. The number of nitrogens with zero attached hydrogens (tertiary/aromatic N) is 2. The van der Waals surface area contributed by atoms with Crippen LogP contribution in [0, 0.1) is 0 Å². The Labute approximate surface area is 129 Å². The standard InChI is InChI=1S/C16H21N3O3/c1-5-19-16(20)11(10-17-2)8-14(18-19)13-7-6-12(21-3)9-15(13)22-4/h6-9,17H,5,10H2,1-4H3. The van der Waals surface area contributed by atoms with Crippen molar-refractivity contribution in [3.05, 3.63) is 40.2 Å². The van der Waals surface area contributed by atoms with Gasteiger partial charge in [0.05, 0.1) is 19.9 Å². The van der Waals surface area contributed by atoms with Crippen LogP contribution in [0.5, 0.6) is 11.5 Å². The van der Waals surface area contributed by atoms with Crippen LogP contribution in [0.3, 0.4) is 0 Å². The van der Waals surface area contributed by atoms with E-state index in [-0.39, 0.29) is 5.56 Å². The number of hydrogen-bond donors (Lipinski definition) is 1. The summed E-state index contributed by atoms with van der Waals surface area (Å²) < 4.78 is 12.1. The van der Waals surface area contributed by atoms with E-state index in [4.69, 9.17) is 9.47 Å². The summed E-state index contributed by atoms with van der Waals surface area (Å²) >= 11 is 0. The molecule has 0 aliphatic rings. The lowest BCUT2D eigenvalue weighted by molar-refractivity contribution is 0.395. The Morgan fingerprint density at radius 3 is 2.59 bits per heavy atom. The molecule has 0 saturated carbocycles. The van der Waals surface area contributed by atoms with Crippen LogP contribution in [0.1, 0.15) is 12.5 Å². The van der Waals surface area contributed by atoms with Gasteiger partial charge in [-0.1, -0.05) is 0 Å². The third-order valence-electron chi connectivity index (χ3n) is 3.40. The van der Waals surface area contributed by atoms with Crippen LogP contribution in [0.2, 0.25) is 0 Å². The molecule has 2 aromatic rings. The minimum Gasteiger partial charge on any atom is -0.497 e. The number of ether oxygens (including phenoxy) is 2. The second kappa shape index (κ2) is 7.09. The molecule has 1 N–H and O–H groups in total. The van der Waals surface area contributed by atoms with E-state index in [1.807, 2.05) is 26.1 Å². The molecule has 6 heteroatoms. The fourth-order valence-electron chi connectivity index (χ4n) is 2.27. The molecule has 6 nitrogen and oxygen atoms in total. The molecule has 1 aromatic heterocycles. The molecule has 1 heterocycles. The van der Waals surface area contributed by atoms with E-state index in [1.54, 1.807) is 26.4 Å². The van der Waals surface area contributed by atoms with Gasteiger partial charge in [0, 0.05) is 30.3 Å². The molecule has 0 spiro atoms. The Morgan fingerprint density at radius 2 is 2.00 bits per heavy atom. The van der Waals surface area contributed by atoms with Gasteiger partial charge in [-0.05, 0) is 32.2 Å². The van der Waals surface area contributed by atoms with Crippen molar-refractivity contribution in [3.63, 3.8) is 0 Å². The highest BCUT2D eigenvalue weighted by atomic mass is 16.5. The van der Waals surface area contributed by atoms with Gasteiger partial charge in [-0.15, -0.1) is 0 Å². The summed E-state index contributed by atoms with van der Waals surface area (Å²) in [4.78, 5) is 12.2. The summed E-state index contributed by atoms with van der Waals surface area (Å²) in [6, 6.07) is 7.33. The van der Waals surface area contributed by atoms with Crippen molar-refractivity contribution in [2.24, 2.45) is 0 Å². The van der Waals surface area contributed by atoms with E-state index in [0.717, 1.165) is 5.56 Å². The lowest BCUT2D eigenvalue weighted by Gasteiger charge is -2.13. The molecule has 0 aliphatic carbocycles. The van der Waals surface area contributed by atoms with E-state index >= 15 is 0 Å². The first-order chi connectivity index (χ1) is 10.6. The normalized spacial score (nSPS) is 10.5. The monoisotopic (exact) mass is 303 g/mol. The Balaban J connectivity index is 2.61. The van der Waals surface area contributed by atoms with Crippen LogP contribution >= 0.6 is 0 Å². The number of rotatable bonds is 6. The van der Waals surface area contributed by atoms with Crippen molar-refractivity contribution in [3.8, 4) is 22.8 Å². The van der Waals surface area contributed by atoms with Gasteiger partial charge in [0.2, 0.25) is 0 Å². The number of methoxy groups -OCH3 is 2. The molecular weight excluding hydrogens is 282 g/mol. The predicted molar refractivity (Wildman–Crippen MR) is 85.5 cm³/mol. The first-order valence-corrected chi connectivity index (χ1v) is 7.12. The van der Waals surface area contributed by atoms with Gasteiger partial charge in [0.1, 0.15) is 11.5 Å². The lowest BCUT2D eigenvalue weighted by atomic mass is 10.1. The maximum absolute atomic E-state index is 12.2. The highest BCUT2D eigenvalue weighted by molar-refractivity contribution is 5.68. The molecule has 118 valence electrons. The van der Waals surface area contributed by atoms with Crippen LogP contribution < -0.4 is 20.3 Å². The average molecular weight is 303 g/mol. The summed E-state index contributed by atoms with van der Waals surface area (Å²) in [5.41, 5.74) is 2.12. The van der Waals surface area contributed by atoms with Crippen LogP contribution in [-0.4, -0.2) is 31.0 Å². The molecule has 0 fully saturated rings. The van der Waals surface area contributed by atoms with E-state index in [2.05, 4.69) is 10.4 Å². The van der Waals surface area contributed by atoms with Crippen molar-refractivity contribution < 1.29 is 9.47 Å². The SMILES string of the molecule is CCn1nc(-c2ccc(OC)cc2OC)cc(CNC)c1=O. The molecular formula is C16H21N3O3. The van der Waals surface area contributed by atoms with Gasteiger partial charge in [-0.2, -0.15) is 5.10 Å². The first-order valence-electron chi connectivity index (χ1n) is 7.12. The lowest BCUT2D eigenvalue weighted by Crippen LogP contribution is -2.28. The number of hydrogen-bond acceptors (Lipinski definition) is 5. The number of aryl methyl sites for hydroxylation is 1. The molecule has 2 rings (SSSR count). The zero-order valence-corrected chi connectivity index (χ0v) is 13.3. The Hall–Kier alpha value is -2.34. The Bertz CT molecular complexity index is 710. The van der Waals surface area contributed by atoms with Crippen LogP contribution in [-0.2, 0) is 13.1 Å². The van der Waals surface area contributed by atoms with Gasteiger partial charge < -0.3 is 14.8 Å². The molecule has 1 aromatic carbocycles. The molecule has 0 amide bonds. The summed E-state index contributed by atoms with van der Waals surface area (Å²) in [5, 5.41) is 7.43. The summed E-state index contributed by atoms with van der Waals surface area (Å²) in [6.07, 6.45) is 0. The maximum atomic E-state index is 12.2. The van der Waals surface area contributed by atoms with E-state index < -0.39 is 0 Å². The molecule has 0 radical (unpaired) electrons. The third kappa shape index (κ3) is 3.12. The van der Waals surface area contributed by atoms with Gasteiger partial charge in [0.25, 0.3) is 5.56 Å². The largest absolute Gasteiger partial charge is 0.497 e. The maximum Gasteiger partial charge on any atom is 0.271 e. The molecule has 0 aliphatic heterocycles. The van der Waals surface area contributed by atoms with Crippen molar-refractivity contribution >= 4 is 0 Å². The van der Waals surface area contributed by atoms with Crippen LogP contribution in [0.15, 0.2) is 29.1 Å². The minimum absolute atomic E-state index is 0.0759. The first kappa shape index (κ1) is 16.0. The molecule has 0 unspecified atom stereocenters. The second-order valence-corrected chi connectivity index (χ2v) is 4.77. The topological polar surface area (TPSA) is 65.4 Å². The fraction of sp³-hybridized carbons (Fsp3) is 0.375. The summed E-state index contributed by atoms with van der Waals surface area (Å²) in [6.45, 7) is 2.90.